The molecule has 0 fully saturated rings. The van der Waals surface area contributed by atoms with E-state index in [4.69, 9.17) is 10.5 Å². The molecule has 6 nitrogen and oxygen atoms in total. The monoisotopic (exact) mass is 262 g/mol. The number of aryl methyl sites for hydroxylation is 1. The van der Waals surface area contributed by atoms with Crippen molar-refractivity contribution >= 4 is 22.9 Å². The summed E-state index contributed by atoms with van der Waals surface area (Å²) in [7, 11) is 1.61. The summed E-state index contributed by atoms with van der Waals surface area (Å²) in [6.45, 7) is 3.03. The molecule has 0 atom stereocenters. The molecule has 0 unspecified atom stereocenters. The number of carbonyl (C=O) groups excluding carboxylic acids is 1. The first-order valence-corrected chi connectivity index (χ1v) is 6.22. The smallest absolute Gasteiger partial charge is 0.221 e. The summed E-state index contributed by atoms with van der Waals surface area (Å²) >= 11 is 0. The van der Waals surface area contributed by atoms with Crippen molar-refractivity contribution < 1.29 is 9.53 Å². The molecule has 1 aromatic heterocycles. The van der Waals surface area contributed by atoms with Gasteiger partial charge in [-0.25, -0.2) is 4.98 Å². The van der Waals surface area contributed by atoms with Gasteiger partial charge < -0.3 is 20.4 Å². The van der Waals surface area contributed by atoms with Crippen molar-refractivity contribution in [3.05, 3.63) is 18.2 Å². The average molecular weight is 262 g/mol. The Labute approximate surface area is 111 Å². The Bertz CT molecular complexity index is 592. The van der Waals surface area contributed by atoms with Crippen LogP contribution in [0.15, 0.2) is 18.2 Å². The number of rotatable bonds is 5. The highest BCUT2D eigenvalue weighted by molar-refractivity contribution is 5.80. The van der Waals surface area contributed by atoms with Crippen molar-refractivity contribution in [2.24, 2.45) is 0 Å². The summed E-state index contributed by atoms with van der Waals surface area (Å²) in [5.74, 6) is 1.16. The van der Waals surface area contributed by atoms with Crippen molar-refractivity contribution in [2.75, 3.05) is 19.4 Å². The van der Waals surface area contributed by atoms with Crippen LogP contribution in [-0.4, -0.2) is 29.1 Å². The van der Waals surface area contributed by atoms with Gasteiger partial charge in [0.2, 0.25) is 11.9 Å². The molecule has 0 saturated carbocycles. The molecule has 1 heterocycles. The van der Waals surface area contributed by atoms with Crippen molar-refractivity contribution in [3.63, 3.8) is 0 Å². The van der Waals surface area contributed by atoms with Gasteiger partial charge in [0.15, 0.2) is 0 Å². The van der Waals surface area contributed by atoms with Crippen LogP contribution in [0.2, 0.25) is 0 Å². The van der Waals surface area contributed by atoms with Crippen molar-refractivity contribution in [1.29, 1.82) is 0 Å². The molecule has 0 bridgehead atoms. The highest BCUT2D eigenvalue weighted by Crippen LogP contribution is 2.23. The van der Waals surface area contributed by atoms with Crippen LogP contribution >= 0.6 is 0 Å². The molecular weight excluding hydrogens is 244 g/mol. The van der Waals surface area contributed by atoms with Gasteiger partial charge in [-0.1, -0.05) is 0 Å². The number of aromatic nitrogens is 2. The maximum atomic E-state index is 11.5. The molecule has 19 heavy (non-hydrogen) atoms. The van der Waals surface area contributed by atoms with Crippen LogP contribution in [0.1, 0.15) is 13.3 Å². The van der Waals surface area contributed by atoms with E-state index in [2.05, 4.69) is 10.3 Å². The second-order valence-electron chi connectivity index (χ2n) is 4.18. The van der Waals surface area contributed by atoms with Crippen LogP contribution in [0.3, 0.4) is 0 Å². The number of amides is 1. The van der Waals surface area contributed by atoms with E-state index in [-0.39, 0.29) is 5.91 Å². The summed E-state index contributed by atoms with van der Waals surface area (Å²) in [5, 5.41) is 2.76. The number of fused-ring (bicyclic) bond motifs is 1. The summed E-state index contributed by atoms with van der Waals surface area (Å²) in [6.07, 6.45) is 0.376. The van der Waals surface area contributed by atoms with Crippen LogP contribution in [0.25, 0.3) is 11.0 Å². The molecule has 2 rings (SSSR count). The van der Waals surface area contributed by atoms with Gasteiger partial charge in [0.1, 0.15) is 5.75 Å². The zero-order valence-electron chi connectivity index (χ0n) is 11.1. The minimum atomic E-state index is 0.00615. The third-order valence-corrected chi connectivity index (χ3v) is 2.92. The Hall–Kier alpha value is -2.24. The van der Waals surface area contributed by atoms with Crippen molar-refractivity contribution in [3.8, 4) is 5.75 Å². The fourth-order valence-electron chi connectivity index (χ4n) is 1.98. The van der Waals surface area contributed by atoms with E-state index in [0.717, 1.165) is 16.8 Å². The minimum Gasteiger partial charge on any atom is -0.497 e. The molecule has 0 saturated heterocycles. The second kappa shape index (κ2) is 5.60. The summed E-state index contributed by atoms with van der Waals surface area (Å²) < 4.78 is 7.02. The summed E-state index contributed by atoms with van der Waals surface area (Å²) in [4.78, 5) is 15.8. The number of carbonyl (C=O) groups is 1. The lowest BCUT2D eigenvalue weighted by Gasteiger charge is -2.07. The normalized spacial score (nSPS) is 10.6. The average Bonchev–Trinajstić information content (AvgIpc) is 2.71. The third kappa shape index (κ3) is 2.78. The van der Waals surface area contributed by atoms with Crippen LogP contribution in [-0.2, 0) is 11.3 Å². The number of nitrogens with two attached hydrogens (primary N) is 1. The number of benzene rings is 1. The maximum Gasteiger partial charge on any atom is 0.221 e. The minimum absolute atomic E-state index is 0.00615. The van der Waals surface area contributed by atoms with Crippen molar-refractivity contribution in [2.45, 2.75) is 19.9 Å². The van der Waals surface area contributed by atoms with Gasteiger partial charge in [-0.15, -0.1) is 0 Å². The number of imidazole rings is 1. The molecule has 6 heteroatoms. The van der Waals surface area contributed by atoms with Gasteiger partial charge in [0.25, 0.3) is 0 Å². The van der Waals surface area contributed by atoms with Gasteiger partial charge in [-0.3, -0.25) is 4.79 Å². The predicted molar refractivity (Wildman–Crippen MR) is 74.0 cm³/mol. The largest absolute Gasteiger partial charge is 0.497 e. The van der Waals surface area contributed by atoms with Crippen molar-refractivity contribution in [1.82, 2.24) is 14.9 Å². The Balaban J connectivity index is 2.26. The maximum absolute atomic E-state index is 11.5. The lowest BCUT2D eigenvalue weighted by atomic mass is 10.3. The molecule has 0 aliphatic rings. The molecule has 3 N–H and O–H groups in total. The number of ether oxygens (including phenoxy) is 1. The predicted octanol–water partition coefficient (Wildman–Crippen LogP) is 1.15. The molecule has 0 spiro atoms. The molecule has 1 amide bonds. The second-order valence-corrected chi connectivity index (χ2v) is 4.18. The topological polar surface area (TPSA) is 82.2 Å². The van der Waals surface area contributed by atoms with Gasteiger partial charge >= 0.3 is 0 Å². The fraction of sp³-hybridized carbons (Fsp3) is 0.385. The van der Waals surface area contributed by atoms with E-state index in [1.165, 1.54) is 0 Å². The molecule has 102 valence electrons. The van der Waals surface area contributed by atoms with Gasteiger partial charge in [-0.05, 0) is 19.1 Å². The Morgan fingerprint density at radius 1 is 1.53 bits per heavy atom. The lowest BCUT2D eigenvalue weighted by Crippen LogP contribution is -2.24. The number of methoxy groups -OCH3 is 1. The first-order chi connectivity index (χ1) is 9.15. The lowest BCUT2D eigenvalue weighted by molar-refractivity contribution is -0.121. The van der Waals surface area contributed by atoms with Crippen LogP contribution in [0.4, 0.5) is 5.95 Å². The van der Waals surface area contributed by atoms with E-state index in [1.807, 2.05) is 29.7 Å². The SMILES string of the molecule is CCNC(=O)CCn1c(N)nc2ccc(OC)cc21. The molecule has 0 aliphatic heterocycles. The number of hydrogen-bond donors (Lipinski definition) is 2. The van der Waals surface area contributed by atoms with Gasteiger partial charge in [0, 0.05) is 25.6 Å². The van der Waals surface area contributed by atoms with E-state index >= 15 is 0 Å². The highest BCUT2D eigenvalue weighted by atomic mass is 16.5. The third-order valence-electron chi connectivity index (χ3n) is 2.92. The van der Waals surface area contributed by atoms with Crippen LogP contribution < -0.4 is 15.8 Å². The van der Waals surface area contributed by atoms with E-state index < -0.39 is 0 Å². The van der Waals surface area contributed by atoms with Crippen LogP contribution in [0, 0.1) is 0 Å². The Morgan fingerprint density at radius 2 is 2.32 bits per heavy atom. The number of nitrogen functional groups attached to an aromatic ring is 1. The number of nitrogens with zero attached hydrogens (tertiary/aromatic N) is 2. The Kier molecular flexibility index (Phi) is 3.89. The standard InChI is InChI=1S/C13H18N4O2/c1-3-15-12(18)6-7-17-11-8-9(19-2)4-5-10(11)16-13(17)14/h4-5,8H,3,6-7H2,1-2H3,(H2,14,16)(H,15,18). The zero-order valence-corrected chi connectivity index (χ0v) is 11.1. The van der Waals surface area contributed by atoms with E-state index in [1.54, 1.807) is 7.11 Å². The first-order valence-electron chi connectivity index (χ1n) is 6.22. The van der Waals surface area contributed by atoms with E-state index in [9.17, 15) is 4.79 Å². The molecule has 1 aromatic carbocycles. The number of anilines is 1. The van der Waals surface area contributed by atoms with Gasteiger partial charge in [-0.2, -0.15) is 0 Å². The Morgan fingerprint density at radius 3 is 3.00 bits per heavy atom. The number of hydrogen-bond acceptors (Lipinski definition) is 4. The first kappa shape index (κ1) is 13.2. The van der Waals surface area contributed by atoms with Gasteiger partial charge in [0.05, 0.1) is 18.1 Å². The highest BCUT2D eigenvalue weighted by Gasteiger charge is 2.10. The summed E-state index contributed by atoms with van der Waals surface area (Å²) in [5.41, 5.74) is 7.56. The molecule has 0 aliphatic carbocycles. The molecule has 2 aromatic rings. The quantitative estimate of drug-likeness (QED) is 0.847. The summed E-state index contributed by atoms with van der Waals surface area (Å²) in [6, 6.07) is 5.56. The van der Waals surface area contributed by atoms with Crippen LogP contribution in [0.5, 0.6) is 5.75 Å². The molecule has 0 radical (unpaired) electrons. The molecular formula is C13H18N4O2. The van der Waals surface area contributed by atoms with E-state index in [0.29, 0.717) is 25.5 Å². The number of nitrogens with one attached hydrogen (secondary N) is 1. The zero-order chi connectivity index (χ0) is 13.8. The fourth-order valence-corrected chi connectivity index (χ4v) is 1.98.